The molecule has 0 aliphatic carbocycles. The largest absolute Gasteiger partial charge is 0.497 e. The van der Waals surface area contributed by atoms with Crippen molar-refractivity contribution in [1.29, 1.82) is 0 Å². The average molecular weight is 451 g/mol. The van der Waals surface area contributed by atoms with Crippen LogP contribution in [0.1, 0.15) is 16.8 Å². The minimum atomic E-state index is -0.366. The molecule has 0 fully saturated rings. The molecule has 4 aromatic rings. The molecule has 3 aromatic carbocycles. The zero-order valence-electron chi connectivity index (χ0n) is 17.8. The van der Waals surface area contributed by atoms with Crippen molar-refractivity contribution in [2.75, 3.05) is 13.7 Å². The molecule has 0 radical (unpaired) electrons. The van der Waals surface area contributed by atoms with Crippen molar-refractivity contribution in [2.24, 2.45) is 0 Å². The van der Waals surface area contributed by atoms with E-state index in [1.807, 2.05) is 42.5 Å². The minimum Gasteiger partial charge on any atom is -0.497 e. The Morgan fingerprint density at radius 2 is 1.75 bits per heavy atom. The van der Waals surface area contributed by atoms with E-state index in [0.717, 1.165) is 35.7 Å². The van der Waals surface area contributed by atoms with Gasteiger partial charge in [-0.3, -0.25) is 0 Å². The van der Waals surface area contributed by atoms with Crippen LogP contribution in [0.25, 0.3) is 11.3 Å². The van der Waals surface area contributed by atoms with Gasteiger partial charge in [0.05, 0.1) is 13.7 Å². The average Bonchev–Trinajstić information content (AvgIpc) is 3.23. The van der Waals surface area contributed by atoms with Crippen LogP contribution in [-0.4, -0.2) is 28.6 Å². The summed E-state index contributed by atoms with van der Waals surface area (Å²) >= 11 is 6.19. The first-order valence-corrected chi connectivity index (χ1v) is 10.8. The highest BCUT2D eigenvalue weighted by Gasteiger charge is 2.15. The van der Waals surface area contributed by atoms with Crippen LogP contribution >= 0.6 is 11.6 Å². The quantitative estimate of drug-likeness (QED) is 0.359. The van der Waals surface area contributed by atoms with Crippen molar-refractivity contribution in [3.05, 3.63) is 100 Å². The second kappa shape index (κ2) is 10.4. The fourth-order valence-electron chi connectivity index (χ4n) is 3.45. The molecule has 0 saturated carbocycles. The second-order valence-electron chi connectivity index (χ2n) is 7.37. The number of nitrogens with one attached hydrogen (secondary N) is 1. The summed E-state index contributed by atoms with van der Waals surface area (Å²) in [5.74, 6) is 0.482. The Morgan fingerprint density at radius 3 is 2.47 bits per heavy atom. The van der Waals surface area contributed by atoms with Gasteiger partial charge in [0.25, 0.3) is 0 Å². The van der Waals surface area contributed by atoms with E-state index in [1.54, 1.807) is 19.2 Å². The fraction of sp³-hybridized carbons (Fsp3) is 0.200. The van der Waals surface area contributed by atoms with E-state index in [1.165, 1.54) is 16.4 Å². The van der Waals surface area contributed by atoms with Crippen LogP contribution in [-0.2, 0) is 19.5 Å². The molecule has 32 heavy (non-hydrogen) atoms. The van der Waals surface area contributed by atoms with Crippen LogP contribution < -0.4 is 10.1 Å². The summed E-state index contributed by atoms with van der Waals surface area (Å²) < 4.78 is 19.5. The molecule has 1 N–H and O–H groups in total. The molecule has 4 rings (SSSR count). The topological polar surface area (TPSA) is 52.0 Å². The number of rotatable bonds is 9. The standard InChI is InChI=1S/C25H24ClFN4O/c1-32-20-12-10-18(11-13-20)14-15-28-16-24-25(19-6-3-2-4-7-19)30-31(29-24)17-21-22(26)8-5-9-23(21)27/h2-13,28H,14-17H2,1H3. The van der Waals surface area contributed by atoms with E-state index < -0.39 is 0 Å². The lowest BCUT2D eigenvalue weighted by Crippen LogP contribution is -2.17. The zero-order chi connectivity index (χ0) is 22.3. The Morgan fingerprint density at radius 1 is 0.969 bits per heavy atom. The minimum absolute atomic E-state index is 0.164. The van der Waals surface area contributed by atoms with E-state index in [0.29, 0.717) is 17.1 Å². The molecule has 0 amide bonds. The summed E-state index contributed by atoms with van der Waals surface area (Å²) in [6.45, 7) is 1.50. The normalized spacial score (nSPS) is 11.0. The molecule has 0 aliphatic heterocycles. The van der Waals surface area contributed by atoms with Gasteiger partial charge < -0.3 is 10.1 Å². The molecule has 0 bridgehead atoms. The number of methoxy groups -OCH3 is 1. The number of ether oxygens (including phenoxy) is 1. The fourth-order valence-corrected chi connectivity index (χ4v) is 3.67. The first-order valence-electron chi connectivity index (χ1n) is 10.4. The Bertz CT molecular complexity index is 1140. The van der Waals surface area contributed by atoms with Gasteiger partial charge in [0.2, 0.25) is 0 Å². The molecule has 0 aliphatic rings. The Kier molecular flexibility index (Phi) is 7.14. The molecule has 5 nitrogen and oxygen atoms in total. The first-order chi connectivity index (χ1) is 15.6. The third-order valence-corrected chi connectivity index (χ3v) is 5.53. The Labute approximate surface area is 191 Å². The van der Waals surface area contributed by atoms with Gasteiger partial charge >= 0.3 is 0 Å². The zero-order valence-corrected chi connectivity index (χ0v) is 18.5. The third-order valence-electron chi connectivity index (χ3n) is 5.18. The van der Waals surface area contributed by atoms with Crippen LogP contribution in [0, 0.1) is 5.82 Å². The molecule has 0 atom stereocenters. The molecular weight excluding hydrogens is 427 g/mol. The van der Waals surface area contributed by atoms with Crippen LogP contribution in [0.2, 0.25) is 5.02 Å². The predicted molar refractivity (Wildman–Crippen MR) is 124 cm³/mol. The third kappa shape index (κ3) is 5.33. The highest BCUT2D eigenvalue weighted by atomic mass is 35.5. The molecule has 0 spiro atoms. The van der Waals surface area contributed by atoms with Crippen LogP contribution in [0.15, 0.2) is 72.8 Å². The smallest absolute Gasteiger partial charge is 0.129 e. The van der Waals surface area contributed by atoms with Gasteiger partial charge in [0.15, 0.2) is 0 Å². The lowest BCUT2D eigenvalue weighted by molar-refractivity contribution is 0.414. The SMILES string of the molecule is COc1ccc(CCNCc2nn(Cc3c(F)cccc3Cl)nc2-c2ccccc2)cc1. The summed E-state index contributed by atoms with van der Waals surface area (Å²) in [4.78, 5) is 1.51. The van der Waals surface area contributed by atoms with Gasteiger partial charge in [-0.1, -0.05) is 60.1 Å². The summed E-state index contributed by atoms with van der Waals surface area (Å²) in [5.41, 5.74) is 4.14. The maximum Gasteiger partial charge on any atom is 0.129 e. The molecule has 7 heteroatoms. The van der Waals surface area contributed by atoms with Crippen LogP contribution in [0.3, 0.4) is 0 Å². The molecular formula is C25H24ClFN4O. The van der Waals surface area contributed by atoms with Crippen molar-refractivity contribution in [1.82, 2.24) is 20.3 Å². The van der Waals surface area contributed by atoms with Gasteiger partial charge in [-0.25, -0.2) is 4.39 Å². The van der Waals surface area contributed by atoms with Crippen molar-refractivity contribution in [2.45, 2.75) is 19.5 Å². The molecule has 0 saturated heterocycles. The first kappa shape index (κ1) is 22.0. The second-order valence-corrected chi connectivity index (χ2v) is 7.77. The van der Waals surface area contributed by atoms with Crippen molar-refractivity contribution >= 4 is 11.6 Å². The highest BCUT2D eigenvalue weighted by Crippen LogP contribution is 2.23. The Hall–Kier alpha value is -3.22. The number of hydrogen-bond acceptors (Lipinski definition) is 4. The maximum absolute atomic E-state index is 14.3. The van der Waals surface area contributed by atoms with Gasteiger partial charge in [0, 0.05) is 22.7 Å². The summed E-state index contributed by atoms with van der Waals surface area (Å²) in [6, 6.07) is 22.6. The van der Waals surface area contributed by atoms with Crippen molar-refractivity contribution in [3.8, 4) is 17.0 Å². The molecule has 1 aromatic heterocycles. The lowest BCUT2D eigenvalue weighted by Gasteiger charge is -2.06. The van der Waals surface area contributed by atoms with E-state index in [-0.39, 0.29) is 12.4 Å². The highest BCUT2D eigenvalue weighted by molar-refractivity contribution is 6.31. The van der Waals surface area contributed by atoms with Crippen LogP contribution in [0.5, 0.6) is 5.75 Å². The summed E-state index contributed by atoms with van der Waals surface area (Å²) in [6.07, 6.45) is 0.879. The van der Waals surface area contributed by atoms with Crippen LogP contribution in [0.4, 0.5) is 4.39 Å². The van der Waals surface area contributed by atoms with E-state index >= 15 is 0 Å². The maximum atomic E-state index is 14.3. The van der Waals surface area contributed by atoms with Gasteiger partial charge in [-0.05, 0) is 42.8 Å². The number of aromatic nitrogens is 3. The van der Waals surface area contributed by atoms with Gasteiger partial charge in [0.1, 0.15) is 23.0 Å². The molecule has 164 valence electrons. The monoisotopic (exact) mass is 450 g/mol. The molecule has 0 unspecified atom stereocenters. The predicted octanol–water partition coefficient (Wildman–Crippen LogP) is 5.13. The number of hydrogen-bond donors (Lipinski definition) is 1. The van der Waals surface area contributed by atoms with Gasteiger partial charge in [-0.2, -0.15) is 15.0 Å². The number of benzene rings is 3. The van der Waals surface area contributed by atoms with Gasteiger partial charge in [-0.15, -0.1) is 0 Å². The number of halogens is 2. The summed E-state index contributed by atoms with van der Waals surface area (Å²) in [7, 11) is 1.66. The van der Waals surface area contributed by atoms with E-state index in [4.69, 9.17) is 16.3 Å². The van der Waals surface area contributed by atoms with E-state index in [2.05, 4.69) is 27.6 Å². The van der Waals surface area contributed by atoms with Crippen molar-refractivity contribution < 1.29 is 9.13 Å². The van der Waals surface area contributed by atoms with E-state index in [9.17, 15) is 4.39 Å². The van der Waals surface area contributed by atoms with Crippen molar-refractivity contribution in [3.63, 3.8) is 0 Å². The molecule has 1 heterocycles. The number of nitrogens with zero attached hydrogens (tertiary/aromatic N) is 3. The Balaban J connectivity index is 1.48. The lowest BCUT2D eigenvalue weighted by atomic mass is 10.1. The summed E-state index contributed by atoms with van der Waals surface area (Å²) in [5, 5.41) is 13.1.